The molecule has 0 aliphatic carbocycles. The standard InChI is InChI=1S/C26H21NO3/c28-25(23-12-6-10-21-9-4-5-11-22(21)23)27-24(26(29)30)17-18-13-15-20(16-14-18)19-7-2-1-3-8-19/h1-16,24H,17H2,(H,27,28)(H,29,30)/t24-/m1/s1. The molecule has 0 unspecified atom stereocenters. The van der Waals surface area contributed by atoms with E-state index in [1.54, 1.807) is 12.1 Å². The van der Waals surface area contributed by atoms with Crippen LogP contribution >= 0.6 is 0 Å². The van der Waals surface area contributed by atoms with Crippen LogP contribution in [0, 0.1) is 0 Å². The van der Waals surface area contributed by atoms with Gasteiger partial charge >= 0.3 is 5.97 Å². The fraction of sp³-hybridized carbons (Fsp3) is 0.0769. The van der Waals surface area contributed by atoms with E-state index in [4.69, 9.17) is 0 Å². The molecular weight excluding hydrogens is 374 g/mol. The zero-order chi connectivity index (χ0) is 20.9. The second kappa shape index (κ2) is 8.62. The molecule has 2 N–H and O–H groups in total. The van der Waals surface area contributed by atoms with Crippen molar-refractivity contribution in [2.45, 2.75) is 12.5 Å². The molecule has 0 saturated heterocycles. The van der Waals surface area contributed by atoms with Gasteiger partial charge < -0.3 is 10.4 Å². The van der Waals surface area contributed by atoms with Crippen LogP contribution in [0.5, 0.6) is 0 Å². The number of aliphatic carboxylic acids is 1. The van der Waals surface area contributed by atoms with Crippen LogP contribution in [-0.4, -0.2) is 23.0 Å². The molecule has 0 heterocycles. The number of fused-ring (bicyclic) bond motifs is 1. The van der Waals surface area contributed by atoms with E-state index in [9.17, 15) is 14.7 Å². The van der Waals surface area contributed by atoms with E-state index in [1.807, 2.05) is 84.9 Å². The summed E-state index contributed by atoms with van der Waals surface area (Å²) in [5, 5.41) is 14.1. The largest absolute Gasteiger partial charge is 0.480 e. The van der Waals surface area contributed by atoms with Crippen molar-refractivity contribution in [3.8, 4) is 11.1 Å². The van der Waals surface area contributed by atoms with E-state index in [-0.39, 0.29) is 12.3 Å². The topological polar surface area (TPSA) is 66.4 Å². The van der Waals surface area contributed by atoms with Crippen LogP contribution in [0.3, 0.4) is 0 Å². The molecule has 0 radical (unpaired) electrons. The Morgan fingerprint density at radius 1 is 0.733 bits per heavy atom. The molecule has 0 bridgehead atoms. The molecule has 0 aromatic heterocycles. The summed E-state index contributed by atoms with van der Waals surface area (Å²) in [4.78, 5) is 24.6. The second-order valence-electron chi connectivity index (χ2n) is 7.16. The van der Waals surface area contributed by atoms with Crippen LogP contribution in [0.1, 0.15) is 15.9 Å². The first-order valence-corrected chi connectivity index (χ1v) is 9.77. The average Bonchev–Trinajstić information content (AvgIpc) is 2.79. The number of carbonyl (C=O) groups excluding carboxylic acids is 1. The van der Waals surface area contributed by atoms with Gasteiger partial charge in [0.1, 0.15) is 6.04 Å². The summed E-state index contributed by atoms with van der Waals surface area (Å²) in [5.74, 6) is -1.45. The van der Waals surface area contributed by atoms with Gasteiger partial charge in [-0.05, 0) is 33.5 Å². The van der Waals surface area contributed by atoms with Gasteiger partial charge in [-0.1, -0.05) is 91.0 Å². The van der Waals surface area contributed by atoms with Crippen LogP contribution in [0.25, 0.3) is 21.9 Å². The average molecular weight is 395 g/mol. The predicted molar refractivity (Wildman–Crippen MR) is 118 cm³/mol. The van der Waals surface area contributed by atoms with E-state index in [1.165, 1.54) is 0 Å². The number of hydrogen-bond donors (Lipinski definition) is 2. The highest BCUT2D eigenvalue weighted by Gasteiger charge is 2.22. The maximum Gasteiger partial charge on any atom is 0.326 e. The number of hydrogen-bond acceptors (Lipinski definition) is 2. The molecule has 4 rings (SSSR count). The summed E-state index contributed by atoms with van der Waals surface area (Å²) < 4.78 is 0. The predicted octanol–water partition coefficient (Wildman–Crippen LogP) is 4.93. The number of amides is 1. The Morgan fingerprint density at radius 3 is 2.10 bits per heavy atom. The smallest absolute Gasteiger partial charge is 0.326 e. The lowest BCUT2D eigenvalue weighted by atomic mass is 10.00. The van der Waals surface area contributed by atoms with Gasteiger partial charge in [0.05, 0.1) is 0 Å². The summed E-state index contributed by atoms with van der Waals surface area (Å²) in [7, 11) is 0. The minimum absolute atomic E-state index is 0.209. The zero-order valence-corrected chi connectivity index (χ0v) is 16.3. The molecule has 4 aromatic carbocycles. The first kappa shape index (κ1) is 19.4. The number of carbonyl (C=O) groups is 2. The molecular formula is C26H21NO3. The van der Waals surface area contributed by atoms with E-state index in [0.717, 1.165) is 27.5 Å². The quantitative estimate of drug-likeness (QED) is 0.486. The third-order valence-electron chi connectivity index (χ3n) is 5.14. The first-order chi connectivity index (χ1) is 14.6. The Morgan fingerprint density at radius 2 is 1.37 bits per heavy atom. The van der Waals surface area contributed by atoms with E-state index < -0.39 is 12.0 Å². The lowest BCUT2D eigenvalue weighted by Crippen LogP contribution is -2.42. The van der Waals surface area contributed by atoms with Crippen molar-refractivity contribution in [2.75, 3.05) is 0 Å². The van der Waals surface area contributed by atoms with Crippen LogP contribution in [0.2, 0.25) is 0 Å². The molecule has 0 spiro atoms. The molecule has 4 aromatic rings. The molecule has 0 aliphatic rings. The minimum atomic E-state index is -1.06. The summed E-state index contributed by atoms with van der Waals surface area (Å²) in [6.45, 7) is 0. The van der Waals surface area contributed by atoms with Crippen LogP contribution in [0.4, 0.5) is 0 Å². The number of benzene rings is 4. The first-order valence-electron chi connectivity index (χ1n) is 9.77. The molecule has 148 valence electrons. The van der Waals surface area contributed by atoms with Gasteiger partial charge in [0.15, 0.2) is 0 Å². The Balaban J connectivity index is 1.52. The van der Waals surface area contributed by atoms with E-state index >= 15 is 0 Å². The van der Waals surface area contributed by atoms with Crippen molar-refractivity contribution in [3.63, 3.8) is 0 Å². The number of carboxylic acid groups (broad SMARTS) is 1. The van der Waals surface area contributed by atoms with Crippen molar-refractivity contribution >= 4 is 22.6 Å². The maximum atomic E-state index is 12.8. The molecule has 30 heavy (non-hydrogen) atoms. The maximum absolute atomic E-state index is 12.8. The highest BCUT2D eigenvalue weighted by atomic mass is 16.4. The third-order valence-corrected chi connectivity index (χ3v) is 5.14. The van der Waals surface area contributed by atoms with Crippen molar-refractivity contribution in [3.05, 3.63) is 108 Å². The van der Waals surface area contributed by atoms with Gasteiger partial charge in [0.2, 0.25) is 0 Å². The van der Waals surface area contributed by atoms with Gasteiger partial charge in [0, 0.05) is 12.0 Å². The third kappa shape index (κ3) is 4.23. The van der Waals surface area contributed by atoms with Crippen molar-refractivity contribution in [1.29, 1.82) is 0 Å². The molecule has 0 fully saturated rings. The van der Waals surface area contributed by atoms with Crippen LogP contribution in [0.15, 0.2) is 97.1 Å². The number of carboxylic acids is 1. The van der Waals surface area contributed by atoms with Gasteiger partial charge in [-0.25, -0.2) is 4.79 Å². The normalized spacial score (nSPS) is 11.7. The molecule has 4 nitrogen and oxygen atoms in total. The monoisotopic (exact) mass is 395 g/mol. The van der Waals surface area contributed by atoms with Crippen molar-refractivity contribution < 1.29 is 14.7 Å². The molecule has 1 amide bonds. The highest BCUT2D eigenvalue weighted by molar-refractivity contribution is 6.07. The molecule has 0 aliphatic heterocycles. The Bertz CT molecular complexity index is 1180. The van der Waals surface area contributed by atoms with Gasteiger partial charge in [-0.2, -0.15) is 0 Å². The molecule has 1 atom stereocenters. The number of nitrogens with one attached hydrogen (secondary N) is 1. The lowest BCUT2D eigenvalue weighted by Gasteiger charge is -2.16. The molecule has 0 saturated carbocycles. The lowest BCUT2D eigenvalue weighted by molar-refractivity contribution is -0.139. The SMILES string of the molecule is O=C(N[C@H](Cc1ccc(-c2ccccc2)cc1)C(=O)O)c1cccc2ccccc12. The molecule has 4 heteroatoms. The van der Waals surface area contributed by atoms with Crippen LogP contribution in [-0.2, 0) is 11.2 Å². The summed E-state index contributed by atoms with van der Waals surface area (Å²) in [6.07, 6.45) is 0.209. The van der Waals surface area contributed by atoms with Crippen molar-refractivity contribution in [2.24, 2.45) is 0 Å². The summed E-state index contributed by atoms with van der Waals surface area (Å²) >= 11 is 0. The van der Waals surface area contributed by atoms with Crippen molar-refractivity contribution in [1.82, 2.24) is 5.32 Å². The minimum Gasteiger partial charge on any atom is -0.480 e. The fourth-order valence-electron chi connectivity index (χ4n) is 3.56. The van der Waals surface area contributed by atoms with Gasteiger partial charge in [-0.15, -0.1) is 0 Å². The van der Waals surface area contributed by atoms with Gasteiger partial charge in [-0.3, -0.25) is 4.79 Å². The zero-order valence-electron chi connectivity index (χ0n) is 16.3. The summed E-state index contributed by atoms with van der Waals surface area (Å²) in [6, 6.07) is 29.7. The summed E-state index contributed by atoms with van der Waals surface area (Å²) in [5.41, 5.74) is 3.48. The van der Waals surface area contributed by atoms with Gasteiger partial charge in [0.25, 0.3) is 5.91 Å². The van der Waals surface area contributed by atoms with Crippen LogP contribution < -0.4 is 5.32 Å². The Labute approximate surface area is 174 Å². The Kier molecular flexibility index (Phi) is 5.57. The number of rotatable bonds is 6. The van der Waals surface area contributed by atoms with E-state index in [2.05, 4.69) is 5.32 Å². The highest BCUT2D eigenvalue weighted by Crippen LogP contribution is 2.21. The fourth-order valence-corrected chi connectivity index (χ4v) is 3.56. The second-order valence-corrected chi connectivity index (χ2v) is 7.16. The Hall–Kier alpha value is -3.92. The van der Waals surface area contributed by atoms with E-state index in [0.29, 0.717) is 5.56 Å².